The van der Waals surface area contributed by atoms with Crippen molar-refractivity contribution in [3.63, 3.8) is 0 Å². The van der Waals surface area contributed by atoms with Crippen molar-refractivity contribution < 1.29 is 29.7 Å². The second-order valence-corrected chi connectivity index (χ2v) is 11.9. The van der Waals surface area contributed by atoms with Crippen LogP contribution in [0.3, 0.4) is 0 Å². The lowest BCUT2D eigenvalue weighted by Gasteiger charge is -2.20. The number of methoxy groups -OCH3 is 1. The zero-order valence-corrected chi connectivity index (χ0v) is 24.4. The molecule has 0 unspecified atom stereocenters. The Balaban J connectivity index is 1.28. The number of aromatic nitrogens is 6. The first-order valence-corrected chi connectivity index (χ1v) is 14.7. The Hall–Kier alpha value is -4.46. The standard InChI is InChI=1S/C30H36N8O6/c1-16-14-30(16,27(39)40)38-26-20(25(35-38)17-8-10-44-11-9-17)6-7-23(34-26)33-24-13-21-22(15-31-24)36(2)29(42)37(21)19-5-4-18(12-19)32-28(41)43-3/h6-7,13,15-19H,4-5,8-12,14H2,1-3H3,(H,32,41)(H,39,40)(H,31,33,34)/t16-,18+,19+,30-/m0/s1/i2D3,18D. The van der Waals surface area contributed by atoms with Gasteiger partial charge in [-0.05, 0) is 56.6 Å². The number of hydrogen-bond acceptors (Lipinski definition) is 9. The minimum atomic E-state index is -2.80. The molecule has 1 aliphatic heterocycles. The summed E-state index contributed by atoms with van der Waals surface area (Å²) in [5.74, 6) is -0.389. The number of amides is 1. The Bertz CT molecular complexity index is 2000. The number of imidazole rings is 1. The summed E-state index contributed by atoms with van der Waals surface area (Å²) in [6.45, 7) is 0.273. The van der Waals surface area contributed by atoms with E-state index in [0.717, 1.165) is 23.9 Å². The Kier molecular flexibility index (Phi) is 5.77. The van der Waals surface area contributed by atoms with Crippen molar-refractivity contribution in [1.82, 2.24) is 34.2 Å². The molecule has 14 heteroatoms. The van der Waals surface area contributed by atoms with Crippen LogP contribution in [0.4, 0.5) is 16.4 Å². The van der Waals surface area contributed by atoms with Gasteiger partial charge in [0.1, 0.15) is 11.6 Å². The van der Waals surface area contributed by atoms with E-state index in [1.165, 1.54) is 17.9 Å². The number of anilines is 2. The number of carbonyl (C=O) groups excluding carboxylic acids is 1. The highest BCUT2D eigenvalue weighted by Gasteiger charge is 2.61. The summed E-state index contributed by atoms with van der Waals surface area (Å²) in [5.41, 5.74) is -0.387. The average Bonchev–Trinajstić information content (AvgIpc) is 3.28. The molecule has 1 saturated heterocycles. The Morgan fingerprint density at radius 2 is 2.00 bits per heavy atom. The zero-order valence-electron chi connectivity index (χ0n) is 28.4. The molecule has 3 fully saturated rings. The Labute approximate surface area is 258 Å². The summed E-state index contributed by atoms with van der Waals surface area (Å²) in [6, 6.07) is 3.17. The van der Waals surface area contributed by atoms with E-state index in [4.69, 9.17) is 20.3 Å². The van der Waals surface area contributed by atoms with Crippen molar-refractivity contribution in [2.24, 2.45) is 12.9 Å². The second kappa shape index (κ2) is 10.6. The predicted molar refractivity (Wildman–Crippen MR) is 160 cm³/mol. The van der Waals surface area contributed by atoms with Crippen LogP contribution in [0.5, 0.6) is 0 Å². The first-order chi connectivity index (χ1) is 22.8. The summed E-state index contributed by atoms with van der Waals surface area (Å²) in [7, 11) is 1.20. The first kappa shape index (κ1) is 23.9. The van der Waals surface area contributed by atoms with Crippen LogP contribution in [-0.4, -0.2) is 72.4 Å². The number of carboxylic acid groups (broad SMARTS) is 1. The molecule has 44 heavy (non-hydrogen) atoms. The molecule has 2 aliphatic carbocycles. The number of ether oxygens (including phenoxy) is 2. The first-order valence-electron chi connectivity index (χ1n) is 16.7. The fraction of sp³-hybridized carbons (Fsp3) is 0.533. The number of nitrogens with one attached hydrogen (secondary N) is 2. The van der Waals surface area contributed by atoms with Crippen LogP contribution in [0.1, 0.15) is 68.6 Å². The minimum absolute atomic E-state index is 0.0502. The topological polar surface area (TPSA) is 167 Å². The van der Waals surface area contributed by atoms with E-state index < -0.39 is 42.3 Å². The number of fused-ring (bicyclic) bond motifs is 2. The van der Waals surface area contributed by atoms with Crippen LogP contribution >= 0.6 is 0 Å². The maximum Gasteiger partial charge on any atom is 0.407 e. The third-order valence-corrected chi connectivity index (χ3v) is 9.29. The summed E-state index contributed by atoms with van der Waals surface area (Å²) >= 11 is 0. The molecule has 0 spiro atoms. The van der Waals surface area contributed by atoms with Crippen LogP contribution < -0.4 is 16.3 Å². The maximum absolute atomic E-state index is 13.6. The van der Waals surface area contributed by atoms with Crippen molar-refractivity contribution >= 4 is 45.8 Å². The average molecular weight is 609 g/mol. The van der Waals surface area contributed by atoms with Gasteiger partial charge >= 0.3 is 17.8 Å². The highest BCUT2D eigenvalue weighted by atomic mass is 16.5. The summed E-state index contributed by atoms with van der Waals surface area (Å²) in [6.07, 6.45) is 3.10. The Morgan fingerprint density at radius 3 is 2.70 bits per heavy atom. The van der Waals surface area contributed by atoms with E-state index in [1.807, 2.05) is 13.0 Å². The summed E-state index contributed by atoms with van der Waals surface area (Å²) in [5, 5.41) is 21.5. The van der Waals surface area contributed by atoms with Crippen LogP contribution in [-0.2, 0) is 26.8 Å². The third kappa shape index (κ3) is 4.50. The zero-order chi connectivity index (χ0) is 34.2. The van der Waals surface area contributed by atoms with E-state index in [2.05, 4.69) is 20.4 Å². The quantitative estimate of drug-likeness (QED) is 0.283. The molecule has 4 aromatic heterocycles. The number of hydrogen-bond donors (Lipinski definition) is 3. The normalized spacial score (nSPS) is 28.7. The molecular formula is C30H36N8O6. The second-order valence-electron chi connectivity index (χ2n) is 11.9. The van der Waals surface area contributed by atoms with Gasteiger partial charge in [-0.1, -0.05) is 6.92 Å². The maximum atomic E-state index is 13.6. The van der Waals surface area contributed by atoms with Gasteiger partial charge in [-0.15, -0.1) is 0 Å². The molecule has 3 aliphatic rings. The lowest BCUT2D eigenvalue weighted by atomic mass is 9.95. The largest absolute Gasteiger partial charge is 0.479 e. The monoisotopic (exact) mass is 608 g/mol. The van der Waals surface area contributed by atoms with Crippen LogP contribution in [0.2, 0.25) is 0 Å². The molecule has 4 atom stereocenters. The number of carboxylic acids is 1. The summed E-state index contributed by atoms with van der Waals surface area (Å²) < 4.78 is 46.6. The molecule has 3 N–H and O–H groups in total. The molecule has 7 rings (SSSR count). The van der Waals surface area contributed by atoms with Crippen molar-refractivity contribution in [3.8, 4) is 0 Å². The van der Waals surface area contributed by atoms with Crippen LogP contribution in [0.15, 0.2) is 29.2 Å². The lowest BCUT2D eigenvalue weighted by Crippen LogP contribution is -2.33. The number of alkyl carbamates (subject to hydrolysis) is 1. The van der Waals surface area contributed by atoms with Gasteiger partial charge < -0.3 is 25.2 Å². The number of carbonyl (C=O) groups is 2. The SMILES string of the molecule is [2H]C([2H])([2H])n1c(=O)n([C@@H]2CC[C@@]([2H])(NC(=O)OC)C2)c2cc(Nc3ccc4c(C5CCOCC5)nn([C@@]5(C(=O)O)C[C@@H]5C)c4n3)ncc21. The molecule has 0 aromatic carbocycles. The van der Waals surface area contributed by atoms with Gasteiger partial charge in [0, 0.05) is 53.7 Å². The number of pyridine rings is 2. The molecule has 4 aromatic rings. The van der Waals surface area contributed by atoms with Crippen molar-refractivity contribution in [2.75, 3.05) is 25.6 Å². The van der Waals surface area contributed by atoms with Crippen molar-refractivity contribution in [3.05, 3.63) is 40.6 Å². The Morgan fingerprint density at radius 1 is 1.20 bits per heavy atom. The van der Waals surface area contributed by atoms with Gasteiger partial charge in [0.25, 0.3) is 0 Å². The van der Waals surface area contributed by atoms with Gasteiger partial charge in [-0.2, -0.15) is 5.10 Å². The number of rotatable bonds is 7. The minimum Gasteiger partial charge on any atom is -0.479 e. The molecule has 14 nitrogen and oxygen atoms in total. The molecule has 0 bridgehead atoms. The smallest absolute Gasteiger partial charge is 0.407 e. The summed E-state index contributed by atoms with van der Waals surface area (Å²) in [4.78, 5) is 47.3. The van der Waals surface area contributed by atoms with E-state index in [0.29, 0.717) is 42.1 Å². The van der Waals surface area contributed by atoms with E-state index in [-0.39, 0.29) is 41.5 Å². The lowest BCUT2D eigenvalue weighted by molar-refractivity contribution is -0.143. The molecule has 5 heterocycles. The van der Waals surface area contributed by atoms with E-state index in [1.54, 1.807) is 16.8 Å². The van der Waals surface area contributed by atoms with Crippen molar-refractivity contribution in [1.29, 1.82) is 0 Å². The van der Waals surface area contributed by atoms with Gasteiger partial charge in [0.05, 0.1) is 31.4 Å². The fourth-order valence-corrected chi connectivity index (χ4v) is 6.76. The molecule has 0 radical (unpaired) electrons. The number of aliphatic carboxylic acids is 1. The predicted octanol–water partition coefficient (Wildman–Crippen LogP) is 3.39. The molecule has 2 saturated carbocycles. The molecule has 232 valence electrons. The number of aryl methyl sites for hydroxylation is 1. The van der Waals surface area contributed by atoms with E-state index in [9.17, 15) is 19.5 Å². The number of nitrogens with zero attached hydrogens (tertiary/aromatic N) is 6. The van der Waals surface area contributed by atoms with E-state index >= 15 is 0 Å². The van der Waals surface area contributed by atoms with Gasteiger partial charge in [-0.25, -0.2) is 29.0 Å². The van der Waals surface area contributed by atoms with Gasteiger partial charge in [0.15, 0.2) is 11.2 Å². The highest BCUT2D eigenvalue weighted by Crippen LogP contribution is 2.52. The van der Waals surface area contributed by atoms with Crippen molar-refractivity contribution in [2.45, 2.75) is 69.0 Å². The van der Waals surface area contributed by atoms with Gasteiger partial charge in [-0.3, -0.25) is 9.13 Å². The van der Waals surface area contributed by atoms with Gasteiger partial charge in [0.2, 0.25) is 0 Å². The highest BCUT2D eigenvalue weighted by molar-refractivity contribution is 5.87. The molecule has 1 amide bonds. The third-order valence-electron chi connectivity index (χ3n) is 9.29. The van der Waals surface area contributed by atoms with Crippen LogP contribution in [0.25, 0.3) is 22.1 Å². The fourth-order valence-electron chi connectivity index (χ4n) is 6.76. The molecular weight excluding hydrogens is 568 g/mol. The van der Waals surface area contributed by atoms with Crippen LogP contribution in [0, 0.1) is 5.92 Å².